The van der Waals surface area contributed by atoms with E-state index >= 15 is 0 Å². The molecule has 19 heavy (non-hydrogen) atoms. The Kier molecular flexibility index (Phi) is 2.17. The van der Waals surface area contributed by atoms with Gasteiger partial charge in [0.1, 0.15) is 5.52 Å². The fourth-order valence-electron chi connectivity index (χ4n) is 2.36. The number of nitrogens with one attached hydrogen (secondary N) is 1. The van der Waals surface area contributed by atoms with Crippen molar-refractivity contribution in [2.75, 3.05) is 0 Å². The first-order valence-corrected chi connectivity index (χ1v) is 6.29. The van der Waals surface area contributed by atoms with Crippen LogP contribution in [-0.2, 0) is 0 Å². The second kappa shape index (κ2) is 3.87. The first kappa shape index (κ1) is 10.6. The molecule has 0 amide bonds. The highest BCUT2D eigenvalue weighted by molar-refractivity contribution is 6.31. The van der Waals surface area contributed by atoms with Crippen molar-refractivity contribution in [2.24, 2.45) is 0 Å². The molecule has 4 heteroatoms. The molecular weight excluding hydrogens is 260 g/mol. The summed E-state index contributed by atoms with van der Waals surface area (Å²) in [6, 6.07) is 11.8. The van der Waals surface area contributed by atoms with Crippen molar-refractivity contribution in [2.45, 2.75) is 0 Å². The van der Waals surface area contributed by atoms with Crippen molar-refractivity contribution in [1.29, 1.82) is 0 Å². The van der Waals surface area contributed by atoms with Crippen LogP contribution in [0, 0.1) is 0 Å². The lowest BCUT2D eigenvalue weighted by atomic mass is 10.0. The Hall–Kier alpha value is -2.26. The van der Waals surface area contributed by atoms with Crippen molar-refractivity contribution in [3.8, 4) is 11.1 Å². The molecule has 0 saturated carbocycles. The number of nitrogens with zero attached hydrogens (tertiary/aromatic N) is 1. The van der Waals surface area contributed by atoms with Gasteiger partial charge in [0.25, 0.3) is 0 Å². The van der Waals surface area contributed by atoms with E-state index in [0.29, 0.717) is 0 Å². The molecule has 0 atom stereocenters. The molecule has 0 aliphatic carbocycles. The number of aromatic amines is 1. The highest BCUT2D eigenvalue weighted by atomic mass is 35.5. The van der Waals surface area contributed by atoms with Crippen LogP contribution in [0.5, 0.6) is 0 Å². The summed E-state index contributed by atoms with van der Waals surface area (Å²) in [6.45, 7) is 0. The number of halogens is 1. The zero-order valence-electron chi connectivity index (χ0n) is 9.85. The molecule has 92 valence electrons. The van der Waals surface area contributed by atoms with E-state index in [1.54, 1.807) is 0 Å². The normalized spacial score (nSPS) is 11.4. The first-order valence-electron chi connectivity index (χ1n) is 5.91. The van der Waals surface area contributed by atoms with Gasteiger partial charge in [-0.25, -0.2) is 4.98 Å². The molecule has 4 rings (SSSR count). The van der Waals surface area contributed by atoms with Gasteiger partial charge in [0.2, 0.25) is 0 Å². The van der Waals surface area contributed by atoms with Gasteiger partial charge in [0.15, 0.2) is 12.0 Å². The topological polar surface area (TPSA) is 41.8 Å². The summed E-state index contributed by atoms with van der Waals surface area (Å²) in [6.07, 6.45) is 3.45. The minimum Gasteiger partial charge on any atom is -0.443 e. The van der Waals surface area contributed by atoms with Gasteiger partial charge in [0.05, 0.1) is 0 Å². The molecule has 1 N–H and O–H groups in total. The van der Waals surface area contributed by atoms with Crippen LogP contribution < -0.4 is 0 Å². The lowest BCUT2D eigenvalue weighted by Gasteiger charge is -2.00. The van der Waals surface area contributed by atoms with Gasteiger partial charge < -0.3 is 9.40 Å². The lowest BCUT2D eigenvalue weighted by molar-refractivity contribution is 0.602. The van der Waals surface area contributed by atoms with Crippen molar-refractivity contribution < 1.29 is 4.42 Å². The fourth-order valence-corrected chi connectivity index (χ4v) is 2.53. The maximum atomic E-state index is 6.07. The number of oxazole rings is 1. The van der Waals surface area contributed by atoms with Crippen LogP contribution >= 0.6 is 11.6 Å². The summed E-state index contributed by atoms with van der Waals surface area (Å²) in [4.78, 5) is 7.44. The predicted octanol–water partition coefficient (Wildman–Crippen LogP) is 4.63. The number of benzene rings is 2. The van der Waals surface area contributed by atoms with E-state index in [9.17, 15) is 0 Å². The van der Waals surface area contributed by atoms with Gasteiger partial charge in [-0.05, 0) is 35.9 Å². The third kappa shape index (κ3) is 1.63. The fraction of sp³-hybridized carbons (Fsp3) is 0. The maximum absolute atomic E-state index is 6.07. The van der Waals surface area contributed by atoms with Crippen molar-refractivity contribution in [3.63, 3.8) is 0 Å². The Labute approximate surface area is 113 Å². The van der Waals surface area contributed by atoms with Crippen LogP contribution in [0.15, 0.2) is 53.4 Å². The number of fused-ring (bicyclic) bond motifs is 2. The summed E-state index contributed by atoms with van der Waals surface area (Å²) in [7, 11) is 0. The molecule has 0 unspecified atom stereocenters. The van der Waals surface area contributed by atoms with E-state index in [2.05, 4.69) is 9.97 Å². The van der Waals surface area contributed by atoms with E-state index in [-0.39, 0.29) is 0 Å². The number of hydrogen-bond donors (Lipinski definition) is 1. The molecule has 0 aliphatic heterocycles. The predicted molar refractivity (Wildman–Crippen MR) is 76.3 cm³/mol. The molecule has 0 fully saturated rings. The summed E-state index contributed by atoms with van der Waals surface area (Å²) in [5, 5.41) is 1.84. The smallest absolute Gasteiger partial charge is 0.181 e. The highest BCUT2D eigenvalue weighted by Crippen LogP contribution is 2.31. The van der Waals surface area contributed by atoms with Crippen LogP contribution in [0.3, 0.4) is 0 Å². The average molecular weight is 269 g/mol. The lowest BCUT2D eigenvalue weighted by Crippen LogP contribution is -1.76. The molecule has 2 heterocycles. The molecule has 2 aromatic carbocycles. The van der Waals surface area contributed by atoms with Gasteiger partial charge in [-0.1, -0.05) is 17.7 Å². The van der Waals surface area contributed by atoms with Gasteiger partial charge in [-0.3, -0.25) is 0 Å². The Balaban J connectivity index is 2.00. The van der Waals surface area contributed by atoms with Gasteiger partial charge in [-0.15, -0.1) is 0 Å². The summed E-state index contributed by atoms with van der Waals surface area (Å²) < 4.78 is 5.26. The Morgan fingerprint density at radius 1 is 1.11 bits per heavy atom. The van der Waals surface area contributed by atoms with Crippen molar-refractivity contribution in [1.82, 2.24) is 9.97 Å². The Bertz CT molecular complexity index is 891. The molecule has 0 saturated heterocycles. The molecule has 3 nitrogen and oxygen atoms in total. The quantitative estimate of drug-likeness (QED) is 0.547. The van der Waals surface area contributed by atoms with Crippen LogP contribution in [0.2, 0.25) is 5.02 Å². The van der Waals surface area contributed by atoms with Crippen molar-refractivity contribution >= 4 is 33.6 Å². The number of rotatable bonds is 1. The first-order chi connectivity index (χ1) is 9.31. The van der Waals surface area contributed by atoms with Gasteiger partial charge in [-0.2, -0.15) is 0 Å². The standard InChI is InChI=1S/C15H9ClN2O/c16-10-2-3-13-11(6-10)12(7-17-13)9-1-4-15-14(5-9)18-8-19-15/h1-8,17H. The SMILES string of the molecule is Clc1ccc2[nH]cc(-c3ccc4ocnc4c3)c2c1. The zero-order valence-corrected chi connectivity index (χ0v) is 10.6. The molecule has 4 aromatic rings. The second-order valence-corrected chi connectivity index (χ2v) is 4.86. The minimum atomic E-state index is 0.732. The number of aromatic nitrogens is 2. The van der Waals surface area contributed by atoms with Gasteiger partial charge >= 0.3 is 0 Å². The molecule has 0 radical (unpaired) electrons. The Morgan fingerprint density at radius 3 is 3.00 bits per heavy atom. The molecular formula is C15H9ClN2O. The highest BCUT2D eigenvalue weighted by Gasteiger charge is 2.08. The molecule has 2 aromatic heterocycles. The Morgan fingerprint density at radius 2 is 2.05 bits per heavy atom. The van der Waals surface area contributed by atoms with Crippen molar-refractivity contribution in [3.05, 3.63) is 54.0 Å². The molecule has 0 bridgehead atoms. The monoisotopic (exact) mass is 268 g/mol. The number of hydrogen-bond acceptors (Lipinski definition) is 2. The van der Waals surface area contributed by atoms with E-state index < -0.39 is 0 Å². The van der Waals surface area contributed by atoms with E-state index in [4.69, 9.17) is 16.0 Å². The van der Waals surface area contributed by atoms with Crippen LogP contribution in [0.4, 0.5) is 0 Å². The molecule has 0 spiro atoms. The van der Waals surface area contributed by atoms with E-state index in [0.717, 1.165) is 38.2 Å². The number of H-pyrrole nitrogens is 1. The largest absolute Gasteiger partial charge is 0.443 e. The summed E-state index contributed by atoms with van der Waals surface area (Å²) >= 11 is 6.07. The second-order valence-electron chi connectivity index (χ2n) is 4.43. The summed E-state index contributed by atoms with van der Waals surface area (Å²) in [5.41, 5.74) is 4.92. The van der Waals surface area contributed by atoms with E-state index in [1.807, 2.05) is 42.6 Å². The van der Waals surface area contributed by atoms with Crippen LogP contribution in [0.25, 0.3) is 33.1 Å². The average Bonchev–Trinajstić information content (AvgIpc) is 3.03. The summed E-state index contributed by atoms with van der Waals surface area (Å²) in [5.74, 6) is 0. The third-order valence-corrected chi connectivity index (χ3v) is 3.52. The zero-order chi connectivity index (χ0) is 12.8. The maximum Gasteiger partial charge on any atom is 0.181 e. The van der Waals surface area contributed by atoms with Crippen LogP contribution in [-0.4, -0.2) is 9.97 Å². The third-order valence-electron chi connectivity index (χ3n) is 3.29. The van der Waals surface area contributed by atoms with Crippen LogP contribution in [0.1, 0.15) is 0 Å². The van der Waals surface area contributed by atoms with E-state index in [1.165, 1.54) is 6.39 Å². The molecule has 0 aliphatic rings. The minimum absolute atomic E-state index is 0.732. The van der Waals surface area contributed by atoms with Gasteiger partial charge in [0, 0.05) is 27.7 Å².